The number of hydrogen-bond donors (Lipinski definition) is 2. The molecule has 4 heteroatoms. The Morgan fingerprint density at radius 3 is 2.81 bits per heavy atom. The summed E-state index contributed by atoms with van der Waals surface area (Å²) in [4.78, 5) is 2.35. The molecule has 1 aliphatic rings. The molecule has 0 aromatic rings. The van der Waals surface area contributed by atoms with Gasteiger partial charge in [0.2, 0.25) is 0 Å². The molecule has 16 heavy (non-hydrogen) atoms. The molecule has 1 saturated carbocycles. The lowest BCUT2D eigenvalue weighted by atomic mass is 9.91. The Bertz CT molecular complexity index is 232. The fraction of sp³-hybridized carbons (Fsp3) is 0.917. The Morgan fingerprint density at radius 1 is 1.56 bits per heavy atom. The van der Waals surface area contributed by atoms with Gasteiger partial charge in [-0.25, -0.2) is 0 Å². The second-order valence-electron chi connectivity index (χ2n) is 4.92. The van der Waals surface area contributed by atoms with E-state index in [4.69, 9.17) is 15.9 Å². The monoisotopic (exact) mass is 227 g/mol. The van der Waals surface area contributed by atoms with Gasteiger partial charge in [0.1, 0.15) is 0 Å². The maximum atomic E-state index is 7.33. The van der Waals surface area contributed by atoms with Crippen LogP contribution in [-0.2, 0) is 4.74 Å². The zero-order valence-electron chi connectivity index (χ0n) is 10.7. The average Bonchev–Trinajstić information content (AvgIpc) is 2.27. The minimum atomic E-state index is 0.276. The van der Waals surface area contributed by atoms with Gasteiger partial charge >= 0.3 is 0 Å². The van der Waals surface area contributed by atoms with Crippen LogP contribution in [0.4, 0.5) is 0 Å². The lowest BCUT2D eigenvalue weighted by Crippen LogP contribution is -2.44. The van der Waals surface area contributed by atoms with Gasteiger partial charge in [-0.3, -0.25) is 5.41 Å². The van der Waals surface area contributed by atoms with E-state index in [1.54, 1.807) is 7.11 Å². The normalized spacial score (nSPS) is 28.0. The highest BCUT2D eigenvalue weighted by molar-refractivity contribution is 5.77. The van der Waals surface area contributed by atoms with Crippen LogP contribution >= 0.6 is 0 Å². The van der Waals surface area contributed by atoms with E-state index in [1.165, 1.54) is 19.3 Å². The number of nitrogens with zero attached hydrogens (tertiary/aromatic N) is 1. The molecule has 0 heterocycles. The molecule has 1 aliphatic carbocycles. The zero-order chi connectivity index (χ0) is 12.1. The Kier molecular flexibility index (Phi) is 5.22. The van der Waals surface area contributed by atoms with E-state index in [-0.39, 0.29) is 5.84 Å². The molecule has 0 saturated heterocycles. The van der Waals surface area contributed by atoms with E-state index >= 15 is 0 Å². The third-order valence-electron chi connectivity index (χ3n) is 3.72. The fourth-order valence-corrected chi connectivity index (χ4v) is 2.53. The molecule has 0 aromatic heterocycles. The standard InChI is InChI=1S/C12H25N3O/c1-9(7-12(13)14)15(2)10-5-4-6-11(8-10)16-3/h9-11H,4-8H2,1-3H3,(H3,13,14). The Hall–Kier alpha value is -0.610. The molecule has 0 aromatic carbocycles. The van der Waals surface area contributed by atoms with Gasteiger partial charge in [0.05, 0.1) is 11.9 Å². The van der Waals surface area contributed by atoms with Crippen LogP contribution in [0.2, 0.25) is 0 Å². The second kappa shape index (κ2) is 6.21. The number of rotatable bonds is 5. The van der Waals surface area contributed by atoms with Crippen LogP contribution in [0.1, 0.15) is 39.0 Å². The van der Waals surface area contributed by atoms with Crippen molar-refractivity contribution in [1.82, 2.24) is 4.90 Å². The Morgan fingerprint density at radius 2 is 2.25 bits per heavy atom. The molecule has 1 rings (SSSR count). The van der Waals surface area contributed by atoms with E-state index in [9.17, 15) is 0 Å². The van der Waals surface area contributed by atoms with Crippen LogP contribution in [0.15, 0.2) is 0 Å². The van der Waals surface area contributed by atoms with Crippen molar-refractivity contribution >= 4 is 5.84 Å². The van der Waals surface area contributed by atoms with E-state index in [0.29, 0.717) is 24.6 Å². The molecular formula is C12H25N3O. The lowest BCUT2D eigenvalue weighted by Gasteiger charge is -2.38. The maximum Gasteiger partial charge on any atom is 0.0920 e. The highest BCUT2D eigenvalue weighted by Gasteiger charge is 2.27. The maximum absolute atomic E-state index is 7.33. The summed E-state index contributed by atoms with van der Waals surface area (Å²) in [6, 6.07) is 0.922. The summed E-state index contributed by atoms with van der Waals surface area (Å²) in [5.41, 5.74) is 5.45. The minimum absolute atomic E-state index is 0.276. The molecule has 3 atom stereocenters. The quantitative estimate of drug-likeness (QED) is 0.554. The van der Waals surface area contributed by atoms with Crippen LogP contribution in [0.3, 0.4) is 0 Å². The smallest absolute Gasteiger partial charge is 0.0920 e. The topological polar surface area (TPSA) is 62.3 Å². The lowest BCUT2D eigenvalue weighted by molar-refractivity contribution is 0.0264. The van der Waals surface area contributed by atoms with Gasteiger partial charge in [-0.1, -0.05) is 0 Å². The van der Waals surface area contributed by atoms with Crippen molar-refractivity contribution in [2.45, 2.75) is 57.2 Å². The number of nitrogens with one attached hydrogen (secondary N) is 1. The van der Waals surface area contributed by atoms with Crippen molar-refractivity contribution in [3.05, 3.63) is 0 Å². The van der Waals surface area contributed by atoms with E-state index in [1.807, 2.05) is 0 Å². The largest absolute Gasteiger partial charge is 0.388 e. The summed E-state index contributed by atoms with van der Waals surface area (Å²) in [6.07, 6.45) is 5.83. The Balaban J connectivity index is 2.45. The molecule has 0 aliphatic heterocycles. The van der Waals surface area contributed by atoms with Crippen molar-refractivity contribution in [1.29, 1.82) is 5.41 Å². The number of amidine groups is 1. The molecule has 0 radical (unpaired) electrons. The molecule has 94 valence electrons. The predicted molar refractivity (Wildman–Crippen MR) is 66.8 cm³/mol. The number of hydrogen-bond acceptors (Lipinski definition) is 3. The van der Waals surface area contributed by atoms with Crippen molar-refractivity contribution in [2.24, 2.45) is 5.73 Å². The molecule has 4 nitrogen and oxygen atoms in total. The van der Waals surface area contributed by atoms with E-state index in [0.717, 1.165) is 6.42 Å². The highest BCUT2D eigenvalue weighted by atomic mass is 16.5. The first-order valence-electron chi connectivity index (χ1n) is 6.12. The van der Waals surface area contributed by atoms with Crippen LogP contribution < -0.4 is 5.73 Å². The highest BCUT2D eigenvalue weighted by Crippen LogP contribution is 2.25. The zero-order valence-corrected chi connectivity index (χ0v) is 10.7. The third kappa shape index (κ3) is 3.76. The minimum Gasteiger partial charge on any atom is -0.388 e. The molecule has 0 amide bonds. The van der Waals surface area contributed by atoms with E-state index < -0.39 is 0 Å². The SMILES string of the molecule is COC1CCCC(N(C)C(C)CC(=N)N)C1. The first-order valence-corrected chi connectivity index (χ1v) is 6.12. The third-order valence-corrected chi connectivity index (χ3v) is 3.72. The van der Waals surface area contributed by atoms with Gasteiger partial charge in [-0.15, -0.1) is 0 Å². The first kappa shape index (κ1) is 13.5. The molecule has 3 unspecified atom stereocenters. The van der Waals surface area contributed by atoms with Crippen LogP contribution in [0.5, 0.6) is 0 Å². The molecule has 0 spiro atoms. The van der Waals surface area contributed by atoms with Gasteiger partial charge in [0.15, 0.2) is 0 Å². The second-order valence-corrected chi connectivity index (χ2v) is 4.92. The van der Waals surface area contributed by atoms with Crippen molar-refractivity contribution in [3.63, 3.8) is 0 Å². The van der Waals surface area contributed by atoms with Crippen molar-refractivity contribution in [3.8, 4) is 0 Å². The fourth-order valence-electron chi connectivity index (χ4n) is 2.53. The van der Waals surface area contributed by atoms with Gasteiger partial charge < -0.3 is 15.4 Å². The Labute approximate surface area is 98.6 Å². The predicted octanol–water partition coefficient (Wildman–Crippen LogP) is 1.59. The summed E-state index contributed by atoms with van der Waals surface area (Å²) in [6.45, 7) is 2.14. The molecule has 3 N–H and O–H groups in total. The van der Waals surface area contributed by atoms with Crippen LogP contribution in [0, 0.1) is 5.41 Å². The molecule has 0 bridgehead atoms. The van der Waals surface area contributed by atoms with Crippen LogP contribution in [-0.4, -0.2) is 43.1 Å². The number of methoxy groups -OCH3 is 1. The summed E-state index contributed by atoms with van der Waals surface area (Å²) >= 11 is 0. The number of ether oxygens (including phenoxy) is 1. The molecular weight excluding hydrogens is 202 g/mol. The van der Waals surface area contributed by atoms with Gasteiger partial charge in [0.25, 0.3) is 0 Å². The van der Waals surface area contributed by atoms with Gasteiger partial charge in [-0.05, 0) is 39.7 Å². The summed E-state index contributed by atoms with van der Waals surface area (Å²) in [7, 11) is 3.93. The van der Waals surface area contributed by atoms with Crippen LogP contribution in [0.25, 0.3) is 0 Å². The van der Waals surface area contributed by atoms with E-state index in [2.05, 4.69) is 18.9 Å². The van der Waals surface area contributed by atoms with Gasteiger partial charge in [0, 0.05) is 25.6 Å². The number of nitrogens with two attached hydrogens (primary N) is 1. The van der Waals surface area contributed by atoms with Crippen molar-refractivity contribution < 1.29 is 4.74 Å². The summed E-state index contributed by atoms with van der Waals surface area (Å²) in [5.74, 6) is 0.276. The summed E-state index contributed by atoms with van der Waals surface area (Å²) < 4.78 is 5.44. The first-order chi connectivity index (χ1) is 7.54. The molecule has 1 fully saturated rings. The summed E-state index contributed by atoms with van der Waals surface area (Å²) in [5, 5.41) is 7.33. The van der Waals surface area contributed by atoms with Gasteiger partial charge in [-0.2, -0.15) is 0 Å². The average molecular weight is 227 g/mol. The van der Waals surface area contributed by atoms with Crippen molar-refractivity contribution in [2.75, 3.05) is 14.2 Å².